The second kappa shape index (κ2) is 8.89. The number of anilines is 2. The van der Waals surface area contributed by atoms with Gasteiger partial charge in [0.05, 0.1) is 23.6 Å². The summed E-state index contributed by atoms with van der Waals surface area (Å²) in [6.45, 7) is 6.93. The van der Waals surface area contributed by atoms with Crippen LogP contribution >= 0.6 is 0 Å². The molecule has 2 rings (SSSR count). The van der Waals surface area contributed by atoms with Gasteiger partial charge in [-0.2, -0.15) is 18.3 Å². The molecule has 0 aliphatic heterocycles. The molecular formula is C18H15F4N5O. The van der Waals surface area contributed by atoms with Crippen LogP contribution in [0.5, 0.6) is 0 Å². The zero-order valence-electron chi connectivity index (χ0n) is 14.4. The Morgan fingerprint density at radius 1 is 1.18 bits per heavy atom. The lowest BCUT2D eigenvalue weighted by molar-refractivity contribution is -0.141. The first-order chi connectivity index (χ1) is 13.2. The fourth-order valence-electron chi connectivity index (χ4n) is 1.94. The molecule has 1 amide bonds. The minimum absolute atomic E-state index is 0.0783. The molecule has 146 valence electrons. The van der Waals surface area contributed by atoms with Gasteiger partial charge in [-0.3, -0.25) is 4.79 Å². The van der Waals surface area contributed by atoms with Gasteiger partial charge in [-0.25, -0.2) is 9.37 Å². The van der Waals surface area contributed by atoms with Crippen molar-refractivity contribution in [2.45, 2.75) is 6.18 Å². The third kappa shape index (κ3) is 6.01. The fourth-order valence-corrected chi connectivity index (χ4v) is 1.94. The molecule has 28 heavy (non-hydrogen) atoms. The van der Waals surface area contributed by atoms with Crippen LogP contribution in [0.25, 0.3) is 0 Å². The Balaban J connectivity index is 2.08. The summed E-state index contributed by atoms with van der Waals surface area (Å²) in [6.07, 6.45) is 0.150. The van der Waals surface area contributed by atoms with Crippen molar-refractivity contribution in [3.8, 4) is 0 Å². The number of carbonyl (C=O) groups is 1. The van der Waals surface area contributed by atoms with E-state index in [9.17, 15) is 22.4 Å². The zero-order chi connectivity index (χ0) is 20.7. The van der Waals surface area contributed by atoms with Crippen LogP contribution in [0.2, 0.25) is 0 Å². The van der Waals surface area contributed by atoms with Gasteiger partial charge in [0.25, 0.3) is 5.91 Å². The van der Waals surface area contributed by atoms with Gasteiger partial charge in [-0.15, -0.1) is 5.10 Å². The molecule has 2 aromatic rings. The van der Waals surface area contributed by atoms with Gasteiger partial charge >= 0.3 is 6.18 Å². The van der Waals surface area contributed by atoms with Gasteiger partial charge in [0, 0.05) is 6.54 Å². The first kappa shape index (κ1) is 20.7. The predicted octanol–water partition coefficient (Wildman–Crippen LogP) is 4.15. The summed E-state index contributed by atoms with van der Waals surface area (Å²) in [4.78, 5) is 15.7. The van der Waals surface area contributed by atoms with Gasteiger partial charge in [-0.05, 0) is 29.8 Å². The van der Waals surface area contributed by atoms with E-state index in [2.05, 4.69) is 39.0 Å². The van der Waals surface area contributed by atoms with Crippen LogP contribution in [-0.2, 0) is 6.18 Å². The highest BCUT2D eigenvalue weighted by atomic mass is 19.4. The van der Waals surface area contributed by atoms with Crippen molar-refractivity contribution in [3.05, 3.63) is 78.6 Å². The molecule has 0 spiro atoms. The molecule has 6 nitrogen and oxygen atoms in total. The molecule has 0 aliphatic carbocycles. The summed E-state index contributed by atoms with van der Waals surface area (Å²) in [5.74, 6) is -1.14. The van der Waals surface area contributed by atoms with Crippen molar-refractivity contribution in [3.63, 3.8) is 0 Å². The number of nitrogens with one attached hydrogen (secondary N) is 2. The minimum Gasteiger partial charge on any atom is -0.364 e. The summed E-state index contributed by atoms with van der Waals surface area (Å²) in [5, 5.41) is 12.7. The topological polar surface area (TPSA) is 79.8 Å². The predicted molar refractivity (Wildman–Crippen MR) is 96.2 cm³/mol. The zero-order valence-corrected chi connectivity index (χ0v) is 14.4. The second-order valence-corrected chi connectivity index (χ2v) is 5.47. The maximum Gasteiger partial charge on any atom is 0.433 e. The van der Waals surface area contributed by atoms with E-state index >= 15 is 0 Å². The van der Waals surface area contributed by atoms with Crippen molar-refractivity contribution >= 4 is 17.4 Å². The molecule has 10 heteroatoms. The molecule has 2 heterocycles. The van der Waals surface area contributed by atoms with E-state index in [0.29, 0.717) is 5.57 Å². The number of nitrogens with zero attached hydrogens (tertiary/aromatic N) is 3. The van der Waals surface area contributed by atoms with Gasteiger partial charge in [0.2, 0.25) is 0 Å². The average molecular weight is 393 g/mol. The SMILES string of the molecule is C=C(F)/C=C\C(=C)CNc1nnccc1C(=O)Nc1ccc(C(F)(F)F)nc1. The third-order valence-electron chi connectivity index (χ3n) is 3.26. The number of halogens is 4. The van der Waals surface area contributed by atoms with Gasteiger partial charge in [0.1, 0.15) is 11.5 Å². The number of carbonyl (C=O) groups excluding carboxylic acids is 1. The number of allylic oxidation sites excluding steroid dienone is 2. The lowest BCUT2D eigenvalue weighted by Crippen LogP contribution is -2.17. The van der Waals surface area contributed by atoms with E-state index in [1.54, 1.807) is 0 Å². The van der Waals surface area contributed by atoms with Crippen LogP contribution < -0.4 is 10.6 Å². The van der Waals surface area contributed by atoms with Crippen LogP contribution in [0.4, 0.5) is 29.1 Å². The third-order valence-corrected chi connectivity index (χ3v) is 3.26. The Hall–Kier alpha value is -3.56. The van der Waals surface area contributed by atoms with Crippen LogP contribution in [0, 0.1) is 0 Å². The molecule has 0 aromatic carbocycles. The fraction of sp³-hybridized carbons (Fsp3) is 0.111. The maximum atomic E-state index is 12.6. The summed E-state index contributed by atoms with van der Waals surface area (Å²) in [5.41, 5.74) is -0.403. The number of hydrogen-bond acceptors (Lipinski definition) is 5. The van der Waals surface area contributed by atoms with Crippen molar-refractivity contribution in [1.82, 2.24) is 15.2 Å². The van der Waals surface area contributed by atoms with Crippen molar-refractivity contribution in [1.29, 1.82) is 0 Å². The van der Waals surface area contributed by atoms with E-state index < -0.39 is 23.6 Å². The van der Waals surface area contributed by atoms with E-state index in [1.165, 1.54) is 18.3 Å². The Morgan fingerprint density at radius 3 is 2.54 bits per heavy atom. The molecule has 0 unspecified atom stereocenters. The number of amides is 1. The number of alkyl halides is 3. The molecule has 0 aliphatic rings. The molecule has 0 saturated carbocycles. The number of aromatic nitrogens is 3. The largest absolute Gasteiger partial charge is 0.433 e. The smallest absolute Gasteiger partial charge is 0.364 e. The monoisotopic (exact) mass is 393 g/mol. The molecule has 0 bridgehead atoms. The normalized spacial score (nSPS) is 11.3. The Kier molecular flexibility index (Phi) is 6.59. The summed E-state index contributed by atoms with van der Waals surface area (Å²) >= 11 is 0. The molecule has 0 saturated heterocycles. The van der Waals surface area contributed by atoms with Crippen molar-refractivity contribution in [2.24, 2.45) is 0 Å². The minimum atomic E-state index is -4.57. The first-order valence-electron chi connectivity index (χ1n) is 7.77. The quantitative estimate of drug-likeness (QED) is 0.546. The van der Waals surface area contributed by atoms with Gasteiger partial charge in [0.15, 0.2) is 5.82 Å². The Bertz CT molecular complexity index is 907. The number of pyridine rings is 1. The highest BCUT2D eigenvalue weighted by Crippen LogP contribution is 2.28. The van der Waals surface area contributed by atoms with Crippen LogP contribution in [0.15, 0.2) is 67.3 Å². The first-order valence-corrected chi connectivity index (χ1v) is 7.77. The lowest BCUT2D eigenvalue weighted by Gasteiger charge is -2.11. The molecular weight excluding hydrogens is 378 g/mol. The second-order valence-electron chi connectivity index (χ2n) is 5.47. The van der Waals surface area contributed by atoms with Gasteiger partial charge < -0.3 is 10.6 Å². The molecule has 0 atom stereocenters. The van der Waals surface area contributed by atoms with E-state index in [1.807, 2.05) is 0 Å². The van der Waals surface area contributed by atoms with Crippen LogP contribution in [-0.4, -0.2) is 27.6 Å². The number of hydrogen-bond donors (Lipinski definition) is 2. The summed E-state index contributed by atoms with van der Waals surface area (Å²) < 4.78 is 50.2. The molecule has 0 fully saturated rings. The molecule has 0 radical (unpaired) electrons. The maximum absolute atomic E-state index is 12.6. The lowest BCUT2D eigenvalue weighted by atomic mass is 10.2. The summed E-state index contributed by atoms with van der Waals surface area (Å²) in [7, 11) is 0. The Morgan fingerprint density at radius 2 is 1.93 bits per heavy atom. The van der Waals surface area contributed by atoms with Crippen molar-refractivity contribution in [2.75, 3.05) is 17.2 Å². The standard InChI is InChI=1S/C18H15F4N5O/c1-11(3-4-12(2)19)9-24-16-14(7-8-25-27-16)17(28)26-13-5-6-15(23-10-13)18(20,21)22/h3-8,10H,1-2,9H2,(H,24,27)(H,26,28)/b4-3-. The van der Waals surface area contributed by atoms with Crippen LogP contribution in [0.1, 0.15) is 16.1 Å². The van der Waals surface area contributed by atoms with Crippen LogP contribution in [0.3, 0.4) is 0 Å². The van der Waals surface area contributed by atoms with E-state index in [0.717, 1.165) is 24.4 Å². The highest BCUT2D eigenvalue weighted by molar-refractivity contribution is 6.07. The van der Waals surface area contributed by atoms with E-state index in [4.69, 9.17) is 0 Å². The van der Waals surface area contributed by atoms with E-state index in [-0.39, 0.29) is 23.6 Å². The molecule has 2 aromatic heterocycles. The average Bonchev–Trinajstić information content (AvgIpc) is 2.64. The molecule has 2 N–H and O–H groups in total. The Labute approximate surface area is 157 Å². The van der Waals surface area contributed by atoms with Crippen molar-refractivity contribution < 1.29 is 22.4 Å². The highest BCUT2D eigenvalue weighted by Gasteiger charge is 2.32. The van der Waals surface area contributed by atoms with Gasteiger partial charge in [-0.1, -0.05) is 19.2 Å². The summed E-state index contributed by atoms with van der Waals surface area (Å²) in [6, 6.07) is 3.23. The number of rotatable bonds is 7.